The molecule has 0 amide bonds. The average Bonchev–Trinajstić information content (AvgIpc) is 2.51. The number of rotatable bonds is 3. The Morgan fingerprint density at radius 1 is 0.857 bits per heavy atom. The third kappa shape index (κ3) is 2.63. The molecule has 1 heteroatoms. The molecule has 4 rings (SSSR count). The Kier molecular flexibility index (Phi) is 3.52. The Balaban J connectivity index is 1.39. The van der Waals surface area contributed by atoms with E-state index >= 15 is 0 Å². The molecule has 108 valence electrons. The van der Waals surface area contributed by atoms with Crippen LogP contribution in [0.3, 0.4) is 0 Å². The normalized spacial score (nSPS) is 27.7. The molecule has 1 atom stereocenters. The number of nitrogens with one attached hydrogen (secondary N) is 1. The van der Waals surface area contributed by atoms with Crippen LogP contribution in [-0.4, -0.2) is 6.04 Å². The maximum absolute atomic E-state index is 3.91. The van der Waals surface area contributed by atoms with Crippen LogP contribution in [0, 0.1) is 0 Å². The van der Waals surface area contributed by atoms with Gasteiger partial charge in [0.25, 0.3) is 0 Å². The summed E-state index contributed by atoms with van der Waals surface area (Å²) in [6.45, 7) is 0. The van der Waals surface area contributed by atoms with E-state index in [4.69, 9.17) is 0 Å². The maximum atomic E-state index is 3.91. The molecule has 0 aromatic heterocycles. The van der Waals surface area contributed by atoms with Crippen LogP contribution in [0.25, 0.3) is 0 Å². The molecule has 0 heterocycles. The third-order valence-electron chi connectivity index (χ3n) is 5.22. The zero-order valence-corrected chi connectivity index (χ0v) is 12.5. The van der Waals surface area contributed by atoms with Crippen molar-refractivity contribution in [2.45, 2.75) is 50.1 Å². The monoisotopic (exact) mass is 277 g/mol. The summed E-state index contributed by atoms with van der Waals surface area (Å²) in [5.74, 6) is 0.766. The SMILES string of the molecule is c1ccc(C2CC(NC3CCCc4ccccc43)C2)cc1. The van der Waals surface area contributed by atoms with E-state index in [-0.39, 0.29) is 0 Å². The molecule has 2 aromatic rings. The fourth-order valence-electron chi connectivity index (χ4n) is 3.96. The lowest BCUT2D eigenvalue weighted by atomic mass is 9.75. The molecule has 1 N–H and O–H groups in total. The van der Waals surface area contributed by atoms with Crippen molar-refractivity contribution < 1.29 is 0 Å². The van der Waals surface area contributed by atoms with Gasteiger partial charge in [0.05, 0.1) is 0 Å². The molecule has 0 saturated heterocycles. The fourth-order valence-corrected chi connectivity index (χ4v) is 3.96. The van der Waals surface area contributed by atoms with Crippen molar-refractivity contribution in [1.29, 1.82) is 0 Å². The largest absolute Gasteiger partial charge is 0.307 e. The number of hydrogen-bond donors (Lipinski definition) is 1. The first-order chi connectivity index (χ1) is 10.4. The molecule has 21 heavy (non-hydrogen) atoms. The van der Waals surface area contributed by atoms with Gasteiger partial charge in [-0.25, -0.2) is 0 Å². The Labute approximate surface area is 127 Å². The number of fused-ring (bicyclic) bond motifs is 1. The lowest BCUT2D eigenvalue weighted by Gasteiger charge is -2.40. The summed E-state index contributed by atoms with van der Waals surface area (Å²) in [5.41, 5.74) is 4.62. The molecule has 0 bridgehead atoms. The number of hydrogen-bond acceptors (Lipinski definition) is 1. The molecule has 2 aromatic carbocycles. The van der Waals surface area contributed by atoms with E-state index in [1.165, 1.54) is 37.7 Å². The van der Waals surface area contributed by atoms with E-state index in [1.807, 2.05) is 0 Å². The molecule has 1 nitrogen and oxygen atoms in total. The van der Waals surface area contributed by atoms with Crippen molar-refractivity contribution in [3.05, 3.63) is 71.3 Å². The van der Waals surface area contributed by atoms with Gasteiger partial charge in [0.15, 0.2) is 0 Å². The maximum Gasteiger partial charge on any atom is 0.0325 e. The van der Waals surface area contributed by atoms with Crippen LogP contribution in [0.15, 0.2) is 54.6 Å². The molecule has 1 unspecified atom stereocenters. The topological polar surface area (TPSA) is 12.0 Å². The van der Waals surface area contributed by atoms with Gasteiger partial charge in [0, 0.05) is 12.1 Å². The first-order valence-corrected chi connectivity index (χ1v) is 8.29. The van der Waals surface area contributed by atoms with Crippen molar-refractivity contribution in [1.82, 2.24) is 5.32 Å². The molecular formula is C20H23N. The van der Waals surface area contributed by atoms with E-state index in [2.05, 4.69) is 59.9 Å². The van der Waals surface area contributed by atoms with E-state index in [0.29, 0.717) is 12.1 Å². The number of benzene rings is 2. The van der Waals surface area contributed by atoms with Gasteiger partial charge in [-0.05, 0) is 54.7 Å². The van der Waals surface area contributed by atoms with Gasteiger partial charge >= 0.3 is 0 Å². The quantitative estimate of drug-likeness (QED) is 0.864. The van der Waals surface area contributed by atoms with E-state index in [0.717, 1.165) is 5.92 Å². The highest BCUT2D eigenvalue weighted by Gasteiger charge is 2.32. The van der Waals surface area contributed by atoms with Gasteiger partial charge in [-0.1, -0.05) is 54.6 Å². The summed E-state index contributed by atoms with van der Waals surface area (Å²) in [5, 5.41) is 3.91. The second kappa shape index (κ2) is 5.65. The highest BCUT2D eigenvalue weighted by Crippen LogP contribution is 2.39. The van der Waals surface area contributed by atoms with Crippen molar-refractivity contribution in [2.24, 2.45) is 0 Å². The molecule has 0 aliphatic heterocycles. The summed E-state index contributed by atoms with van der Waals surface area (Å²) in [7, 11) is 0. The summed E-state index contributed by atoms with van der Waals surface area (Å²) in [6.07, 6.45) is 6.46. The Hall–Kier alpha value is -1.60. The third-order valence-corrected chi connectivity index (χ3v) is 5.22. The summed E-state index contributed by atoms with van der Waals surface area (Å²) < 4.78 is 0. The molecule has 1 saturated carbocycles. The first-order valence-electron chi connectivity index (χ1n) is 8.29. The minimum absolute atomic E-state index is 0.580. The minimum atomic E-state index is 0.580. The van der Waals surface area contributed by atoms with Gasteiger partial charge in [-0.15, -0.1) is 0 Å². The fraction of sp³-hybridized carbons (Fsp3) is 0.400. The van der Waals surface area contributed by atoms with Gasteiger partial charge in [0.2, 0.25) is 0 Å². The van der Waals surface area contributed by atoms with Crippen molar-refractivity contribution in [2.75, 3.05) is 0 Å². The second-order valence-corrected chi connectivity index (χ2v) is 6.59. The standard InChI is InChI=1S/C20H23N/c1-2-7-15(8-3-1)17-13-18(14-17)21-20-12-6-10-16-9-4-5-11-19(16)20/h1-5,7-9,11,17-18,20-21H,6,10,12-14H2. The van der Waals surface area contributed by atoms with Crippen molar-refractivity contribution >= 4 is 0 Å². The average molecular weight is 277 g/mol. The summed E-state index contributed by atoms with van der Waals surface area (Å²) >= 11 is 0. The second-order valence-electron chi connectivity index (χ2n) is 6.59. The molecule has 2 aliphatic rings. The van der Waals surface area contributed by atoms with Gasteiger partial charge < -0.3 is 5.32 Å². The predicted molar refractivity (Wildman–Crippen MR) is 87.5 cm³/mol. The van der Waals surface area contributed by atoms with E-state index < -0.39 is 0 Å². The molecular weight excluding hydrogens is 254 g/mol. The van der Waals surface area contributed by atoms with Crippen LogP contribution in [0.1, 0.15) is 54.3 Å². The Morgan fingerprint density at radius 3 is 2.48 bits per heavy atom. The summed E-state index contributed by atoms with van der Waals surface area (Å²) in [6, 6.07) is 21.2. The zero-order chi connectivity index (χ0) is 14.1. The van der Waals surface area contributed by atoms with Crippen LogP contribution < -0.4 is 5.32 Å². The Morgan fingerprint density at radius 2 is 1.62 bits per heavy atom. The van der Waals surface area contributed by atoms with Crippen LogP contribution >= 0.6 is 0 Å². The highest BCUT2D eigenvalue weighted by atomic mass is 15.0. The lowest BCUT2D eigenvalue weighted by molar-refractivity contribution is 0.255. The summed E-state index contributed by atoms with van der Waals surface area (Å²) in [4.78, 5) is 0. The lowest BCUT2D eigenvalue weighted by Crippen LogP contribution is -2.42. The van der Waals surface area contributed by atoms with Crippen LogP contribution in [-0.2, 0) is 6.42 Å². The molecule has 1 fully saturated rings. The van der Waals surface area contributed by atoms with Crippen LogP contribution in [0.2, 0.25) is 0 Å². The van der Waals surface area contributed by atoms with E-state index in [9.17, 15) is 0 Å². The highest BCUT2D eigenvalue weighted by molar-refractivity contribution is 5.32. The smallest absolute Gasteiger partial charge is 0.0325 e. The van der Waals surface area contributed by atoms with Crippen molar-refractivity contribution in [3.8, 4) is 0 Å². The van der Waals surface area contributed by atoms with Crippen LogP contribution in [0.5, 0.6) is 0 Å². The first kappa shape index (κ1) is 13.1. The Bertz CT molecular complexity index is 598. The molecule has 0 spiro atoms. The predicted octanol–water partition coefficient (Wildman–Crippen LogP) is 4.60. The van der Waals surface area contributed by atoms with E-state index in [1.54, 1.807) is 11.1 Å². The van der Waals surface area contributed by atoms with Gasteiger partial charge in [0.1, 0.15) is 0 Å². The number of aryl methyl sites for hydroxylation is 1. The van der Waals surface area contributed by atoms with Crippen LogP contribution in [0.4, 0.5) is 0 Å². The van der Waals surface area contributed by atoms with Crippen molar-refractivity contribution in [3.63, 3.8) is 0 Å². The van der Waals surface area contributed by atoms with Gasteiger partial charge in [-0.2, -0.15) is 0 Å². The molecule has 0 radical (unpaired) electrons. The minimum Gasteiger partial charge on any atom is -0.307 e. The van der Waals surface area contributed by atoms with Gasteiger partial charge in [-0.3, -0.25) is 0 Å². The molecule has 2 aliphatic carbocycles. The zero-order valence-electron chi connectivity index (χ0n) is 12.5.